The number of thiocarbonyl (C=S) groups is 1. The lowest BCUT2D eigenvalue weighted by Gasteiger charge is -2.15. The first-order chi connectivity index (χ1) is 16.4. The molecule has 34 heavy (non-hydrogen) atoms. The Labute approximate surface area is 220 Å². The summed E-state index contributed by atoms with van der Waals surface area (Å²) in [6.07, 6.45) is 7.88. The molecule has 0 aliphatic carbocycles. The second kappa shape index (κ2) is 15.4. The first kappa shape index (κ1) is 28.7. The summed E-state index contributed by atoms with van der Waals surface area (Å²) in [4.78, 5) is 26.7. The average molecular weight is 573 g/mol. The van der Waals surface area contributed by atoms with Crippen LogP contribution in [0, 0.1) is 0 Å². The Hall–Kier alpha value is -1.58. The van der Waals surface area contributed by atoms with Crippen molar-refractivity contribution in [1.29, 1.82) is 0 Å². The lowest BCUT2D eigenvalue weighted by molar-refractivity contribution is -0.144. The summed E-state index contributed by atoms with van der Waals surface area (Å²) in [5.41, 5.74) is 0.817. The van der Waals surface area contributed by atoms with Gasteiger partial charge in [-0.3, -0.25) is 14.5 Å². The first-order valence-corrected chi connectivity index (χ1v) is 13.9. The molecule has 1 aliphatic heterocycles. The number of esters is 1. The van der Waals surface area contributed by atoms with Crippen LogP contribution in [0.3, 0.4) is 0 Å². The molecule has 1 amide bonds. The number of ether oxygens (including phenoxy) is 3. The van der Waals surface area contributed by atoms with Crippen LogP contribution in [0.1, 0.15) is 71.3 Å². The Morgan fingerprint density at radius 3 is 2.59 bits per heavy atom. The fourth-order valence-corrected chi connectivity index (χ4v) is 5.17. The molecule has 0 atom stereocenters. The summed E-state index contributed by atoms with van der Waals surface area (Å²) in [7, 11) is 0. The molecule has 1 aromatic rings. The van der Waals surface area contributed by atoms with Crippen LogP contribution in [0.4, 0.5) is 0 Å². The van der Waals surface area contributed by atoms with Crippen molar-refractivity contribution in [3.8, 4) is 11.5 Å². The van der Waals surface area contributed by atoms with E-state index in [2.05, 4.69) is 22.9 Å². The van der Waals surface area contributed by atoms with E-state index in [-0.39, 0.29) is 18.3 Å². The summed E-state index contributed by atoms with van der Waals surface area (Å²) in [5, 5.41) is 0. The van der Waals surface area contributed by atoms with Crippen molar-refractivity contribution in [2.24, 2.45) is 0 Å². The number of carbonyl (C=O) groups excluding carboxylic acids is 2. The van der Waals surface area contributed by atoms with Gasteiger partial charge in [0.1, 0.15) is 4.32 Å². The Bertz CT molecular complexity index is 890. The van der Waals surface area contributed by atoms with Gasteiger partial charge in [0.25, 0.3) is 5.91 Å². The van der Waals surface area contributed by atoms with Gasteiger partial charge in [-0.15, -0.1) is 0 Å². The van der Waals surface area contributed by atoms with E-state index in [4.69, 9.17) is 26.4 Å². The molecule has 9 heteroatoms. The highest BCUT2D eigenvalue weighted by atomic mass is 79.9. The molecule has 1 heterocycles. The van der Waals surface area contributed by atoms with Crippen LogP contribution in [0.25, 0.3) is 6.08 Å². The average Bonchev–Trinajstić information content (AvgIpc) is 3.06. The van der Waals surface area contributed by atoms with Gasteiger partial charge in [-0.25, -0.2) is 0 Å². The van der Waals surface area contributed by atoms with E-state index in [0.29, 0.717) is 53.5 Å². The van der Waals surface area contributed by atoms with Gasteiger partial charge in [0.2, 0.25) is 0 Å². The summed E-state index contributed by atoms with van der Waals surface area (Å²) in [6, 6.07) is 3.80. The predicted octanol–water partition coefficient (Wildman–Crippen LogP) is 6.74. The number of unbranched alkanes of at least 4 members (excludes halogenated alkanes) is 3. The van der Waals surface area contributed by atoms with E-state index in [9.17, 15) is 9.59 Å². The van der Waals surface area contributed by atoms with Crippen molar-refractivity contribution >= 4 is 62.2 Å². The fraction of sp³-hybridized carbons (Fsp3) is 0.560. The molecule has 0 unspecified atom stereocenters. The molecule has 188 valence electrons. The molecule has 1 saturated heterocycles. The zero-order valence-corrected chi connectivity index (χ0v) is 23.4. The maximum absolute atomic E-state index is 12.9. The van der Waals surface area contributed by atoms with Crippen molar-refractivity contribution in [3.63, 3.8) is 0 Å². The number of halogens is 1. The van der Waals surface area contributed by atoms with Crippen LogP contribution in [-0.2, 0) is 14.3 Å². The highest BCUT2D eigenvalue weighted by Gasteiger charge is 2.31. The summed E-state index contributed by atoms with van der Waals surface area (Å²) in [6.45, 7) is 8.00. The standard InChI is InChI=1S/C25H34BrNO5S2/c1-4-7-8-9-14-32-23-19(26)15-18(16-20(23)30-6-3)17-21-24(29)27(25(33)34-21)12-10-11-22(28)31-13-5-2/h15-17H,4-14H2,1-3H3/b21-17-. The smallest absolute Gasteiger partial charge is 0.305 e. The minimum absolute atomic E-state index is 0.151. The number of thioether (sulfide) groups is 1. The molecule has 0 spiro atoms. The van der Waals surface area contributed by atoms with E-state index in [0.717, 1.165) is 29.3 Å². The number of nitrogens with zero attached hydrogens (tertiary/aromatic N) is 1. The van der Waals surface area contributed by atoms with Gasteiger partial charge < -0.3 is 14.2 Å². The summed E-state index contributed by atoms with van der Waals surface area (Å²) < 4.78 is 18.2. The second-order valence-electron chi connectivity index (χ2n) is 7.83. The maximum Gasteiger partial charge on any atom is 0.305 e. The van der Waals surface area contributed by atoms with Gasteiger partial charge >= 0.3 is 5.97 Å². The molecule has 0 radical (unpaired) electrons. The van der Waals surface area contributed by atoms with Crippen LogP contribution >= 0.6 is 39.9 Å². The minimum Gasteiger partial charge on any atom is -0.490 e. The third kappa shape index (κ3) is 8.89. The van der Waals surface area contributed by atoms with E-state index in [1.54, 1.807) is 4.90 Å². The van der Waals surface area contributed by atoms with Gasteiger partial charge in [0, 0.05) is 13.0 Å². The van der Waals surface area contributed by atoms with Gasteiger partial charge in [0.05, 0.1) is 29.2 Å². The van der Waals surface area contributed by atoms with E-state index in [1.807, 2.05) is 32.1 Å². The zero-order chi connectivity index (χ0) is 24.9. The number of carbonyl (C=O) groups is 2. The Balaban J connectivity index is 2.06. The zero-order valence-electron chi connectivity index (χ0n) is 20.2. The third-order valence-corrected chi connectivity index (χ3v) is 6.94. The lowest BCUT2D eigenvalue weighted by atomic mass is 10.1. The summed E-state index contributed by atoms with van der Waals surface area (Å²) in [5.74, 6) is 0.920. The van der Waals surface area contributed by atoms with Crippen molar-refractivity contribution in [3.05, 3.63) is 27.1 Å². The number of amides is 1. The van der Waals surface area contributed by atoms with Crippen molar-refractivity contribution in [2.75, 3.05) is 26.4 Å². The number of benzene rings is 1. The molecular weight excluding hydrogens is 538 g/mol. The molecule has 2 rings (SSSR count). The van der Waals surface area contributed by atoms with Gasteiger partial charge in [-0.2, -0.15) is 0 Å². The Morgan fingerprint density at radius 2 is 1.88 bits per heavy atom. The highest BCUT2D eigenvalue weighted by Crippen LogP contribution is 2.39. The van der Waals surface area contributed by atoms with Crippen LogP contribution in [0.15, 0.2) is 21.5 Å². The van der Waals surface area contributed by atoms with Crippen LogP contribution < -0.4 is 9.47 Å². The van der Waals surface area contributed by atoms with Crippen molar-refractivity contribution in [2.45, 2.75) is 65.7 Å². The quantitative estimate of drug-likeness (QED) is 0.0998. The number of hydrogen-bond acceptors (Lipinski definition) is 7. The highest BCUT2D eigenvalue weighted by molar-refractivity contribution is 9.10. The van der Waals surface area contributed by atoms with E-state index in [1.165, 1.54) is 24.6 Å². The third-order valence-electron chi connectivity index (χ3n) is 4.98. The molecule has 0 N–H and O–H groups in total. The number of rotatable bonds is 15. The first-order valence-electron chi connectivity index (χ1n) is 11.9. The van der Waals surface area contributed by atoms with Crippen LogP contribution in [0.5, 0.6) is 11.5 Å². The fourth-order valence-electron chi connectivity index (χ4n) is 3.29. The SMILES string of the molecule is CCCCCCOc1c(Br)cc(/C=C2\SC(=S)N(CCCC(=O)OCCC)C2=O)cc1OCC. The topological polar surface area (TPSA) is 65.1 Å². The maximum atomic E-state index is 12.9. The summed E-state index contributed by atoms with van der Waals surface area (Å²) >= 11 is 10.3. The molecule has 0 bridgehead atoms. The van der Waals surface area contributed by atoms with Gasteiger partial charge in [0.15, 0.2) is 11.5 Å². The Morgan fingerprint density at radius 1 is 1.09 bits per heavy atom. The molecule has 0 saturated carbocycles. The molecule has 0 aromatic heterocycles. The van der Waals surface area contributed by atoms with Crippen LogP contribution in [-0.4, -0.2) is 47.5 Å². The van der Waals surface area contributed by atoms with Crippen molar-refractivity contribution in [1.82, 2.24) is 4.90 Å². The van der Waals surface area contributed by atoms with E-state index >= 15 is 0 Å². The van der Waals surface area contributed by atoms with Gasteiger partial charge in [-0.05, 0) is 65.9 Å². The lowest BCUT2D eigenvalue weighted by Crippen LogP contribution is -2.29. The van der Waals surface area contributed by atoms with Crippen LogP contribution in [0.2, 0.25) is 0 Å². The normalized spacial score (nSPS) is 14.7. The van der Waals surface area contributed by atoms with Gasteiger partial charge in [-0.1, -0.05) is 57.1 Å². The molecular formula is C25H34BrNO5S2. The molecule has 1 fully saturated rings. The van der Waals surface area contributed by atoms with Crippen molar-refractivity contribution < 1.29 is 23.8 Å². The minimum atomic E-state index is -0.246. The van der Waals surface area contributed by atoms with E-state index < -0.39 is 0 Å². The second-order valence-corrected chi connectivity index (χ2v) is 10.4. The Kier molecular flexibility index (Phi) is 13.0. The monoisotopic (exact) mass is 571 g/mol. The molecule has 6 nitrogen and oxygen atoms in total. The molecule has 1 aromatic carbocycles. The molecule has 1 aliphatic rings. The predicted molar refractivity (Wildman–Crippen MR) is 145 cm³/mol. The largest absolute Gasteiger partial charge is 0.490 e. The number of hydrogen-bond donors (Lipinski definition) is 0.